The predicted molar refractivity (Wildman–Crippen MR) is 110 cm³/mol. The van der Waals surface area contributed by atoms with Gasteiger partial charge in [0, 0.05) is 12.1 Å². The fraction of sp³-hybridized carbons (Fsp3) is 0.238. The van der Waals surface area contributed by atoms with Crippen LogP contribution in [-0.2, 0) is 22.6 Å². The molecule has 0 radical (unpaired) electrons. The van der Waals surface area contributed by atoms with Crippen LogP contribution in [0.1, 0.15) is 21.5 Å². The first-order valence-corrected chi connectivity index (χ1v) is 10.2. The second-order valence-electron chi connectivity index (χ2n) is 6.50. The average molecular weight is 411 g/mol. The van der Waals surface area contributed by atoms with Gasteiger partial charge in [0.2, 0.25) is 11.8 Å². The SMILES string of the molecule is O=C(CNC(=O)c1cccc(CN2C(=O)CSC2=O)c1)NCCc1ccccc1. The highest BCUT2D eigenvalue weighted by atomic mass is 32.2. The van der Waals surface area contributed by atoms with E-state index in [0.717, 1.165) is 23.7 Å². The van der Waals surface area contributed by atoms with Gasteiger partial charge in [0.15, 0.2) is 0 Å². The Bertz CT molecular complexity index is 901. The van der Waals surface area contributed by atoms with Gasteiger partial charge in [-0.15, -0.1) is 0 Å². The number of nitrogens with zero attached hydrogens (tertiary/aromatic N) is 1. The molecule has 0 unspecified atom stereocenters. The maximum atomic E-state index is 12.3. The number of carbonyl (C=O) groups is 4. The number of hydrogen-bond donors (Lipinski definition) is 2. The highest BCUT2D eigenvalue weighted by Gasteiger charge is 2.29. The quantitative estimate of drug-likeness (QED) is 0.693. The molecule has 7 nitrogen and oxygen atoms in total. The van der Waals surface area contributed by atoms with Crippen LogP contribution in [0.5, 0.6) is 0 Å². The van der Waals surface area contributed by atoms with Crippen molar-refractivity contribution in [3.63, 3.8) is 0 Å². The van der Waals surface area contributed by atoms with Crippen LogP contribution in [0.2, 0.25) is 0 Å². The summed E-state index contributed by atoms with van der Waals surface area (Å²) < 4.78 is 0. The van der Waals surface area contributed by atoms with Crippen molar-refractivity contribution in [3.05, 3.63) is 71.3 Å². The topological polar surface area (TPSA) is 95.6 Å². The highest BCUT2D eigenvalue weighted by Crippen LogP contribution is 2.21. The molecule has 0 aromatic heterocycles. The van der Waals surface area contributed by atoms with Crippen LogP contribution in [0.15, 0.2) is 54.6 Å². The molecule has 1 saturated heterocycles. The lowest BCUT2D eigenvalue weighted by Crippen LogP contribution is -2.37. The zero-order chi connectivity index (χ0) is 20.6. The molecular weight excluding hydrogens is 390 g/mol. The van der Waals surface area contributed by atoms with Gasteiger partial charge in [0.1, 0.15) is 0 Å². The van der Waals surface area contributed by atoms with Crippen LogP contribution in [0.3, 0.4) is 0 Å². The van der Waals surface area contributed by atoms with Crippen molar-refractivity contribution in [2.75, 3.05) is 18.8 Å². The van der Waals surface area contributed by atoms with Gasteiger partial charge in [-0.3, -0.25) is 24.1 Å². The Balaban J connectivity index is 1.46. The largest absolute Gasteiger partial charge is 0.354 e. The molecule has 29 heavy (non-hydrogen) atoms. The van der Waals surface area contributed by atoms with Crippen LogP contribution < -0.4 is 10.6 Å². The first-order valence-electron chi connectivity index (χ1n) is 9.18. The van der Waals surface area contributed by atoms with Crippen molar-refractivity contribution >= 4 is 34.7 Å². The summed E-state index contributed by atoms with van der Waals surface area (Å²) in [6.45, 7) is 0.494. The van der Waals surface area contributed by atoms with Crippen molar-refractivity contribution in [2.24, 2.45) is 0 Å². The van der Waals surface area contributed by atoms with Crippen LogP contribution in [-0.4, -0.2) is 46.7 Å². The molecule has 1 aliphatic rings. The summed E-state index contributed by atoms with van der Waals surface area (Å²) in [5, 5.41) is 5.07. The maximum Gasteiger partial charge on any atom is 0.289 e. The van der Waals surface area contributed by atoms with Crippen LogP contribution >= 0.6 is 11.8 Å². The monoisotopic (exact) mass is 411 g/mol. The number of rotatable bonds is 8. The molecule has 0 atom stereocenters. The van der Waals surface area contributed by atoms with Crippen molar-refractivity contribution in [3.8, 4) is 0 Å². The fourth-order valence-corrected chi connectivity index (χ4v) is 3.57. The number of imide groups is 1. The number of thioether (sulfide) groups is 1. The molecule has 2 aromatic rings. The number of nitrogens with one attached hydrogen (secondary N) is 2. The lowest BCUT2D eigenvalue weighted by atomic mass is 10.1. The Hall–Kier alpha value is -3.13. The van der Waals surface area contributed by atoms with E-state index in [-0.39, 0.29) is 35.9 Å². The summed E-state index contributed by atoms with van der Waals surface area (Å²) in [6, 6.07) is 16.5. The standard InChI is InChI=1S/C21H21N3O4S/c25-18(22-10-9-15-5-2-1-3-6-15)12-23-20(27)17-8-4-7-16(11-17)13-24-19(26)14-29-21(24)28/h1-8,11H,9-10,12-14H2,(H,22,25)(H,23,27). The van der Waals surface area contributed by atoms with Crippen molar-refractivity contribution in [2.45, 2.75) is 13.0 Å². The van der Waals surface area contributed by atoms with Gasteiger partial charge in [-0.1, -0.05) is 54.2 Å². The van der Waals surface area contributed by atoms with E-state index >= 15 is 0 Å². The summed E-state index contributed by atoms with van der Waals surface area (Å²) in [5.41, 5.74) is 2.17. The third kappa shape index (κ3) is 5.92. The van der Waals surface area contributed by atoms with E-state index in [0.29, 0.717) is 17.7 Å². The van der Waals surface area contributed by atoms with Gasteiger partial charge in [0.25, 0.3) is 11.1 Å². The molecule has 0 aliphatic carbocycles. The predicted octanol–water partition coefficient (Wildman–Crippen LogP) is 1.97. The highest BCUT2D eigenvalue weighted by molar-refractivity contribution is 8.14. The number of hydrogen-bond acceptors (Lipinski definition) is 5. The summed E-state index contributed by atoms with van der Waals surface area (Å²) in [5.74, 6) is -0.741. The molecule has 150 valence electrons. The Morgan fingerprint density at radius 3 is 2.45 bits per heavy atom. The second-order valence-corrected chi connectivity index (χ2v) is 7.43. The molecule has 2 aromatic carbocycles. The minimum atomic E-state index is -0.390. The minimum Gasteiger partial charge on any atom is -0.354 e. The van der Waals surface area contributed by atoms with E-state index in [1.165, 1.54) is 4.90 Å². The molecule has 0 bridgehead atoms. The van der Waals surface area contributed by atoms with E-state index in [9.17, 15) is 19.2 Å². The Morgan fingerprint density at radius 1 is 0.966 bits per heavy atom. The second kappa shape index (κ2) is 9.88. The summed E-state index contributed by atoms with van der Waals surface area (Å²) >= 11 is 0.973. The van der Waals surface area contributed by atoms with Crippen LogP contribution in [0.25, 0.3) is 0 Å². The molecule has 1 aliphatic heterocycles. The first-order chi connectivity index (χ1) is 14.0. The Kier molecular flexibility index (Phi) is 7.02. The van der Waals surface area contributed by atoms with Gasteiger partial charge < -0.3 is 10.6 Å². The first kappa shape index (κ1) is 20.6. The van der Waals surface area contributed by atoms with E-state index < -0.39 is 5.91 Å². The fourth-order valence-electron chi connectivity index (χ4n) is 2.84. The summed E-state index contributed by atoms with van der Waals surface area (Å²) in [4.78, 5) is 48.8. The lowest BCUT2D eigenvalue weighted by molar-refractivity contribution is -0.125. The average Bonchev–Trinajstić information content (AvgIpc) is 3.05. The molecule has 8 heteroatoms. The van der Waals surface area contributed by atoms with Gasteiger partial charge in [-0.05, 0) is 29.7 Å². The van der Waals surface area contributed by atoms with Crippen molar-refractivity contribution in [1.82, 2.24) is 15.5 Å². The normalized spacial score (nSPS) is 13.4. The van der Waals surface area contributed by atoms with E-state index in [2.05, 4.69) is 10.6 Å². The third-order valence-corrected chi connectivity index (χ3v) is 5.22. The third-order valence-electron chi connectivity index (χ3n) is 4.36. The summed E-state index contributed by atoms with van der Waals surface area (Å²) in [6.07, 6.45) is 0.717. The number of carbonyl (C=O) groups excluding carboxylic acids is 4. The van der Waals surface area contributed by atoms with Crippen LogP contribution in [0, 0.1) is 0 Å². The zero-order valence-electron chi connectivity index (χ0n) is 15.7. The minimum absolute atomic E-state index is 0.127. The number of benzene rings is 2. The molecular formula is C21H21N3O4S. The van der Waals surface area contributed by atoms with Gasteiger partial charge in [0.05, 0.1) is 18.8 Å². The maximum absolute atomic E-state index is 12.3. The number of amides is 4. The van der Waals surface area contributed by atoms with E-state index in [1.54, 1.807) is 24.3 Å². The van der Waals surface area contributed by atoms with Gasteiger partial charge in [-0.2, -0.15) is 0 Å². The van der Waals surface area contributed by atoms with E-state index in [4.69, 9.17) is 0 Å². The Labute approximate surface area is 172 Å². The Morgan fingerprint density at radius 2 is 1.72 bits per heavy atom. The molecule has 2 N–H and O–H groups in total. The van der Waals surface area contributed by atoms with Crippen molar-refractivity contribution in [1.29, 1.82) is 0 Å². The molecule has 3 rings (SSSR count). The molecule has 1 heterocycles. The van der Waals surface area contributed by atoms with Gasteiger partial charge in [-0.25, -0.2) is 0 Å². The van der Waals surface area contributed by atoms with E-state index in [1.807, 2.05) is 30.3 Å². The molecule has 0 saturated carbocycles. The zero-order valence-corrected chi connectivity index (χ0v) is 16.5. The summed E-state index contributed by atoms with van der Waals surface area (Å²) in [7, 11) is 0. The molecule has 1 fully saturated rings. The smallest absolute Gasteiger partial charge is 0.289 e. The molecule has 4 amide bonds. The lowest BCUT2D eigenvalue weighted by Gasteiger charge is -2.13. The van der Waals surface area contributed by atoms with Crippen LogP contribution in [0.4, 0.5) is 4.79 Å². The van der Waals surface area contributed by atoms with Crippen molar-refractivity contribution < 1.29 is 19.2 Å². The van der Waals surface area contributed by atoms with Gasteiger partial charge >= 0.3 is 0 Å². The molecule has 0 spiro atoms.